The number of fused-ring (bicyclic) bond motifs is 1. The van der Waals surface area contributed by atoms with Crippen LogP contribution >= 0.6 is 0 Å². The molecule has 0 aliphatic rings. The molecule has 0 heterocycles. The summed E-state index contributed by atoms with van der Waals surface area (Å²) in [6.07, 6.45) is 0.870. The van der Waals surface area contributed by atoms with Gasteiger partial charge in [0, 0.05) is 13.2 Å². The lowest BCUT2D eigenvalue weighted by atomic mass is 10.0. The summed E-state index contributed by atoms with van der Waals surface area (Å²) in [5.74, 6) is 5.49. The molecule has 2 aromatic rings. The monoisotopic (exact) mass is 230 g/mol. The van der Waals surface area contributed by atoms with Crippen molar-refractivity contribution in [2.75, 3.05) is 13.7 Å². The maximum absolute atomic E-state index is 5.49. The molecule has 3 N–H and O–H groups in total. The molecule has 2 aromatic carbocycles. The highest BCUT2D eigenvalue weighted by Crippen LogP contribution is 2.16. The van der Waals surface area contributed by atoms with Gasteiger partial charge in [0.05, 0.1) is 6.61 Å². The zero-order chi connectivity index (χ0) is 12.1. The number of benzene rings is 2. The molecule has 0 amide bonds. The highest BCUT2D eigenvalue weighted by Gasteiger charge is 2.07. The van der Waals surface area contributed by atoms with Crippen LogP contribution in [0.25, 0.3) is 10.8 Å². The van der Waals surface area contributed by atoms with Gasteiger partial charge in [-0.15, -0.1) is 0 Å². The van der Waals surface area contributed by atoms with E-state index in [9.17, 15) is 0 Å². The van der Waals surface area contributed by atoms with E-state index in [1.165, 1.54) is 16.3 Å². The van der Waals surface area contributed by atoms with Gasteiger partial charge in [0.15, 0.2) is 0 Å². The topological polar surface area (TPSA) is 47.3 Å². The van der Waals surface area contributed by atoms with Crippen LogP contribution in [0, 0.1) is 0 Å². The van der Waals surface area contributed by atoms with Crippen molar-refractivity contribution in [1.29, 1.82) is 0 Å². The Hall–Kier alpha value is -1.42. The molecule has 0 aliphatic heterocycles. The van der Waals surface area contributed by atoms with Gasteiger partial charge in [-0.3, -0.25) is 11.3 Å². The molecule has 2 rings (SSSR count). The minimum absolute atomic E-state index is 0.154. The fourth-order valence-corrected chi connectivity index (χ4v) is 2.02. The van der Waals surface area contributed by atoms with Gasteiger partial charge >= 0.3 is 0 Å². The maximum Gasteiger partial charge on any atom is 0.0632 e. The van der Waals surface area contributed by atoms with E-state index in [0.717, 1.165) is 6.42 Å². The third-order valence-corrected chi connectivity index (χ3v) is 2.90. The molecule has 0 saturated heterocycles. The smallest absolute Gasteiger partial charge is 0.0632 e. The molecule has 1 unspecified atom stereocenters. The Bertz CT molecular complexity index is 484. The highest BCUT2D eigenvalue weighted by molar-refractivity contribution is 5.82. The van der Waals surface area contributed by atoms with Crippen molar-refractivity contribution in [3.8, 4) is 0 Å². The molecule has 0 aliphatic carbocycles. The molecule has 3 heteroatoms. The van der Waals surface area contributed by atoms with E-state index in [-0.39, 0.29) is 6.04 Å². The molecule has 1 atom stereocenters. The standard InChI is InChI=1S/C14H18N2O/c1-17-10-14(16-15)9-11-6-7-12-4-2-3-5-13(12)8-11/h2-8,14,16H,9-10,15H2,1H3. The predicted octanol–water partition coefficient (Wildman–Crippen LogP) is 1.86. The quantitative estimate of drug-likeness (QED) is 0.609. The number of nitrogens with one attached hydrogen (secondary N) is 1. The van der Waals surface area contributed by atoms with Gasteiger partial charge in [-0.2, -0.15) is 0 Å². The van der Waals surface area contributed by atoms with Gasteiger partial charge in [-0.1, -0.05) is 42.5 Å². The first-order chi connectivity index (χ1) is 8.33. The van der Waals surface area contributed by atoms with Gasteiger partial charge < -0.3 is 4.74 Å². The molecule has 0 bridgehead atoms. The molecule has 90 valence electrons. The SMILES string of the molecule is COCC(Cc1ccc2ccccc2c1)NN. The van der Waals surface area contributed by atoms with Crippen LogP contribution in [0.2, 0.25) is 0 Å². The van der Waals surface area contributed by atoms with E-state index in [1.807, 2.05) is 0 Å². The van der Waals surface area contributed by atoms with Crippen LogP contribution in [-0.4, -0.2) is 19.8 Å². The summed E-state index contributed by atoms with van der Waals surface area (Å²) in [6.45, 7) is 0.614. The minimum Gasteiger partial charge on any atom is -0.383 e. The maximum atomic E-state index is 5.49. The molecule has 0 saturated carbocycles. The van der Waals surface area contributed by atoms with Crippen LogP contribution in [0.5, 0.6) is 0 Å². The Morgan fingerprint density at radius 3 is 2.65 bits per heavy atom. The summed E-state index contributed by atoms with van der Waals surface area (Å²) in [7, 11) is 1.69. The number of nitrogens with two attached hydrogens (primary N) is 1. The van der Waals surface area contributed by atoms with E-state index in [2.05, 4.69) is 47.9 Å². The van der Waals surface area contributed by atoms with E-state index >= 15 is 0 Å². The zero-order valence-corrected chi connectivity index (χ0v) is 10.0. The zero-order valence-electron chi connectivity index (χ0n) is 10.0. The third kappa shape index (κ3) is 3.03. The van der Waals surface area contributed by atoms with Crippen molar-refractivity contribution >= 4 is 10.8 Å². The highest BCUT2D eigenvalue weighted by atomic mass is 16.5. The first-order valence-corrected chi connectivity index (χ1v) is 5.76. The van der Waals surface area contributed by atoms with E-state index in [0.29, 0.717) is 6.61 Å². The summed E-state index contributed by atoms with van der Waals surface area (Å²) < 4.78 is 5.11. The second kappa shape index (κ2) is 5.77. The summed E-state index contributed by atoms with van der Waals surface area (Å²) in [4.78, 5) is 0. The first kappa shape index (κ1) is 12.0. The molecule has 0 aromatic heterocycles. The van der Waals surface area contributed by atoms with Crippen molar-refractivity contribution in [3.63, 3.8) is 0 Å². The molecular formula is C14H18N2O. The normalized spacial score (nSPS) is 12.8. The number of rotatable bonds is 5. The third-order valence-electron chi connectivity index (χ3n) is 2.90. The number of ether oxygens (including phenoxy) is 1. The van der Waals surface area contributed by atoms with E-state index in [4.69, 9.17) is 10.6 Å². The lowest BCUT2D eigenvalue weighted by molar-refractivity contribution is 0.166. The van der Waals surface area contributed by atoms with Crippen LogP contribution < -0.4 is 11.3 Å². The summed E-state index contributed by atoms with van der Waals surface area (Å²) >= 11 is 0. The average molecular weight is 230 g/mol. The van der Waals surface area contributed by atoms with Gasteiger partial charge in [0.25, 0.3) is 0 Å². The van der Waals surface area contributed by atoms with Crippen LogP contribution in [0.15, 0.2) is 42.5 Å². The van der Waals surface area contributed by atoms with Crippen molar-refractivity contribution in [1.82, 2.24) is 5.43 Å². The Morgan fingerprint density at radius 2 is 1.94 bits per heavy atom. The van der Waals surface area contributed by atoms with Gasteiger partial charge in [-0.25, -0.2) is 0 Å². The number of hydrazine groups is 1. The Balaban J connectivity index is 2.18. The van der Waals surface area contributed by atoms with E-state index in [1.54, 1.807) is 7.11 Å². The van der Waals surface area contributed by atoms with Crippen molar-refractivity contribution in [2.45, 2.75) is 12.5 Å². The predicted molar refractivity (Wildman–Crippen MR) is 70.6 cm³/mol. The van der Waals surface area contributed by atoms with Crippen LogP contribution in [-0.2, 0) is 11.2 Å². The number of hydrogen-bond acceptors (Lipinski definition) is 3. The largest absolute Gasteiger partial charge is 0.383 e. The van der Waals surface area contributed by atoms with Gasteiger partial charge in [0.1, 0.15) is 0 Å². The summed E-state index contributed by atoms with van der Waals surface area (Å²) in [5.41, 5.74) is 4.04. The molecule has 0 spiro atoms. The fraction of sp³-hybridized carbons (Fsp3) is 0.286. The second-order valence-corrected chi connectivity index (χ2v) is 4.20. The van der Waals surface area contributed by atoms with Crippen LogP contribution in [0.4, 0.5) is 0 Å². The molecule has 0 radical (unpaired) electrons. The Morgan fingerprint density at radius 1 is 1.18 bits per heavy atom. The van der Waals surface area contributed by atoms with E-state index < -0.39 is 0 Å². The average Bonchev–Trinajstić information content (AvgIpc) is 2.38. The molecule has 0 fully saturated rings. The Labute approximate surface area is 102 Å². The summed E-state index contributed by atoms with van der Waals surface area (Å²) in [6, 6.07) is 15.0. The lowest BCUT2D eigenvalue weighted by Gasteiger charge is -2.15. The number of methoxy groups -OCH3 is 1. The van der Waals surface area contributed by atoms with Gasteiger partial charge in [-0.05, 0) is 22.8 Å². The fourth-order valence-electron chi connectivity index (χ4n) is 2.02. The first-order valence-electron chi connectivity index (χ1n) is 5.76. The molecular weight excluding hydrogens is 212 g/mol. The van der Waals surface area contributed by atoms with Gasteiger partial charge in [0.2, 0.25) is 0 Å². The number of hydrogen-bond donors (Lipinski definition) is 2. The van der Waals surface area contributed by atoms with Crippen molar-refractivity contribution in [2.24, 2.45) is 5.84 Å². The van der Waals surface area contributed by atoms with Crippen molar-refractivity contribution in [3.05, 3.63) is 48.0 Å². The minimum atomic E-state index is 0.154. The molecule has 17 heavy (non-hydrogen) atoms. The molecule has 3 nitrogen and oxygen atoms in total. The summed E-state index contributed by atoms with van der Waals surface area (Å²) in [5, 5.41) is 2.53. The second-order valence-electron chi connectivity index (χ2n) is 4.20. The lowest BCUT2D eigenvalue weighted by Crippen LogP contribution is -2.40. The van der Waals surface area contributed by atoms with Crippen molar-refractivity contribution < 1.29 is 4.74 Å². The van der Waals surface area contributed by atoms with Crippen LogP contribution in [0.1, 0.15) is 5.56 Å². The Kier molecular flexibility index (Phi) is 4.09. The van der Waals surface area contributed by atoms with Crippen LogP contribution in [0.3, 0.4) is 0 Å².